The summed E-state index contributed by atoms with van der Waals surface area (Å²) in [7, 11) is 0. The number of rotatable bonds is 3. The summed E-state index contributed by atoms with van der Waals surface area (Å²) in [5.41, 5.74) is 0.868. The summed E-state index contributed by atoms with van der Waals surface area (Å²) >= 11 is 3.50. The molecule has 1 N–H and O–H groups in total. The minimum absolute atomic E-state index is 0.447. The molecule has 1 aliphatic heterocycles. The number of fused-ring (bicyclic) bond motifs is 1. The molecule has 3 nitrogen and oxygen atoms in total. The van der Waals surface area contributed by atoms with E-state index in [0.717, 1.165) is 34.4 Å². The van der Waals surface area contributed by atoms with Crippen LogP contribution >= 0.6 is 15.9 Å². The smallest absolute Gasteiger partial charge is 0.162 e. The van der Waals surface area contributed by atoms with Gasteiger partial charge >= 0.3 is 0 Å². The Labute approximate surface area is 116 Å². The molecule has 0 radical (unpaired) electrons. The Hall–Kier alpha value is -0.740. The van der Waals surface area contributed by atoms with Gasteiger partial charge < -0.3 is 14.6 Å². The maximum absolute atomic E-state index is 10.2. The van der Waals surface area contributed by atoms with Crippen molar-refractivity contribution < 1.29 is 14.6 Å². The second-order valence-electron chi connectivity index (χ2n) is 5.02. The van der Waals surface area contributed by atoms with Crippen molar-refractivity contribution in [1.29, 1.82) is 0 Å². The fourth-order valence-corrected chi connectivity index (χ4v) is 2.62. The lowest BCUT2D eigenvalue weighted by Gasteiger charge is -2.17. The molecule has 1 aromatic carbocycles. The van der Waals surface area contributed by atoms with E-state index in [1.807, 2.05) is 12.1 Å². The number of halogens is 1. The zero-order valence-electron chi connectivity index (χ0n) is 10.8. The lowest BCUT2D eigenvalue weighted by Crippen LogP contribution is -2.04. The Morgan fingerprint density at radius 2 is 1.83 bits per heavy atom. The number of aliphatic hydroxyl groups is 1. The molecular weight excluding hydrogens is 296 g/mol. The fourth-order valence-electron chi connectivity index (χ4n) is 2.03. The molecular formula is C14H19BrO3. The third-order valence-electron chi connectivity index (χ3n) is 2.92. The van der Waals surface area contributed by atoms with Crippen LogP contribution in [0.15, 0.2) is 16.6 Å². The van der Waals surface area contributed by atoms with E-state index in [0.29, 0.717) is 19.1 Å². The predicted molar refractivity (Wildman–Crippen MR) is 74.2 cm³/mol. The van der Waals surface area contributed by atoms with Gasteiger partial charge in [-0.05, 0) is 30.0 Å². The molecule has 1 atom stereocenters. The third kappa shape index (κ3) is 3.18. The van der Waals surface area contributed by atoms with Crippen LogP contribution < -0.4 is 9.47 Å². The van der Waals surface area contributed by atoms with Gasteiger partial charge in [0.1, 0.15) is 0 Å². The number of benzene rings is 1. The van der Waals surface area contributed by atoms with Gasteiger partial charge in [-0.2, -0.15) is 0 Å². The third-order valence-corrected chi connectivity index (χ3v) is 3.61. The summed E-state index contributed by atoms with van der Waals surface area (Å²) in [6.07, 6.45) is 1.14. The predicted octanol–water partition coefficient (Wildman–Crippen LogP) is 3.69. The molecule has 1 aromatic rings. The molecule has 0 aromatic heterocycles. The minimum atomic E-state index is -0.475. The average molecular weight is 315 g/mol. The van der Waals surface area contributed by atoms with E-state index in [2.05, 4.69) is 29.8 Å². The summed E-state index contributed by atoms with van der Waals surface area (Å²) in [5.74, 6) is 1.93. The first-order valence-electron chi connectivity index (χ1n) is 6.35. The first-order valence-corrected chi connectivity index (χ1v) is 7.14. The largest absolute Gasteiger partial charge is 0.490 e. The molecule has 2 rings (SSSR count). The van der Waals surface area contributed by atoms with Crippen molar-refractivity contribution in [2.45, 2.75) is 32.8 Å². The lowest BCUT2D eigenvalue weighted by atomic mass is 9.99. The van der Waals surface area contributed by atoms with Gasteiger partial charge in [0, 0.05) is 10.9 Å². The Kier molecular flexibility index (Phi) is 4.51. The zero-order chi connectivity index (χ0) is 13.1. The second kappa shape index (κ2) is 5.93. The SMILES string of the molecule is CC(C)CC(O)c1cc2c(cc1Br)OCCCO2. The van der Waals surface area contributed by atoms with E-state index in [1.165, 1.54) is 0 Å². The normalized spacial score (nSPS) is 16.5. The number of aliphatic hydroxyl groups excluding tert-OH is 1. The first-order chi connectivity index (χ1) is 8.58. The number of hydrogen-bond donors (Lipinski definition) is 1. The molecule has 1 heterocycles. The minimum Gasteiger partial charge on any atom is -0.490 e. The molecule has 18 heavy (non-hydrogen) atoms. The molecule has 0 bridgehead atoms. The van der Waals surface area contributed by atoms with Crippen molar-refractivity contribution in [3.05, 3.63) is 22.2 Å². The standard InChI is InChI=1S/C14H19BrO3/c1-9(2)6-12(16)10-7-13-14(8-11(10)15)18-5-3-4-17-13/h7-9,12,16H,3-6H2,1-2H3. The molecule has 0 spiro atoms. The Bertz CT molecular complexity index is 418. The van der Waals surface area contributed by atoms with Crippen LogP contribution in [-0.4, -0.2) is 18.3 Å². The average Bonchev–Trinajstić information content (AvgIpc) is 2.51. The summed E-state index contributed by atoms with van der Waals surface area (Å²) in [4.78, 5) is 0. The maximum atomic E-state index is 10.2. The molecule has 4 heteroatoms. The van der Waals surface area contributed by atoms with Gasteiger partial charge in [0.25, 0.3) is 0 Å². The van der Waals surface area contributed by atoms with Crippen molar-refractivity contribution in [3.8, 4) is 11.5 Å². The summed E-state index contributed by atoms with van der Waals surface area (Å²) in [5, 5.41) is 10.2. The monoisotopic (exact) mass is 314 g/mol. The molecule has 0 fully saturated rings. The highest BCUT2D eigenvalue weighted by molar-refractivity contribution is 9.10. The van der Waals surface area contributed by atoms with E-state index < -0.39 is 6.10 Å². The molecule has 1 aliphatic rings. The highest BCUT2D eigenvalue weighted by atomic mass is 79.9. The molecule has 0 saturated carbocycles. The van der Waals surface area contributed by atoms with Gasteiger partial charge in [-0.25, -0.2) is 0 Å². The van der Waals surface area contributed by atoms with Gasteiger partial charge in [0.2, 0.25) is 0 Å². The van der Waals surface area contributed by atoms with Crippen LogP contribution in [0.4, 0.5) is 0 Å². The van der Waals surface area contributed by atoms with Crippen molar-refractivity contribution in [3.63, 3.8) is 0 Å². The van der Waals surface area contributed by atoms with Gasteiger partial charge in [-0.3, -0.25) is 0 Å². The maximum Gasteiger partial charge on any atom is 0.162 e. The van der Waals surface area contributed by atoms with Crippen molar-refractivity contribution in [2.75, 3.05) is 13.2 Å². The molecule has 0 aliphatic carbocycles. The summed E-state index contributed by atoms with van der Waals surface area (Å²) in [6, 6.07) is 3.78. The lowest BCUT2D eigenvalue weighted by molar-refractivity contribution is 0.150. The van der Waals surface area contributed by atoms with Crippen LogP contribution in [0, 0.1) is 5.92 Å². The zero-order valence-corrected chi connectivity index (χ0v) is 12.4. The molecule has 100 valence electrons. The topological polar surface area (TPSA) is 38.7 Å². The Morgan fingerprint density at radius 3 is 2.44 bits per heavy atom. The van der Waals surface area contributed by atoms with E-state index >= 15 is 0 Å². The fraction of sp³-hybridized carbons (Fsp3) is 0.571. The summed E-state index contributed by atoms with van der Waals surface area (Å²) in [6.45, 7) is 5.53. The van der Waals surface area contributed by atoms with Gasteiger partial charge in [-0.1, -0.05) is 29.8 Å². The number of ether oxygens (including phenoxy) is 2. The van der Waals surface area contributed by atoms with Crippen LogP contribution in [0.2, 0.25) is 0 Å². The number of hydrogen-bond acceptors (Lipinski definition) is 3. The Balaban J connectivity index is 2.28. The van der Waals surface area contributed by atoms with E-state index in [4.69, 9.17) is 9.47 Å². The van der Waals surface area contributed by atoms with Crippen molar-refractivity contribution >= 4 is 15.9 Å². The summed E-state index contributed by atoms with van der Waals surface area (Å²) < 4.78 is 12.1. The quantitative estimate of drug-likeness (QED) is 0.924. The van der Waals surface area contributed by atoms with E-state index in [-0.39, 0.29) is 0 Å². The van der Waals surface area contributed by atoms with Crippen molar-refractivity contribution in [1.82, 2.24) is 0 Å². The molecule has 0 amide bonds. The van der Waals surface area contributed by atoms with Gasteiger partial charge in [-0.15, -0.1) is 0 Å². The van der Waals surface area contributed by atoms with Crippen LogP contribution in [0.3, 0.4) is 0 Å². The first kappa shape index (κ1) is 13.7. The van der Waals surface area contributed by atoms with E-state index in [9.17, 15) is 5.11 Å². The molecule has 1 unspecified atom stereocenters. The van der Waals surface area contributed by atoms with Crippen molar-refractivity contribution in [2.24, 2.45) is 5.92 Å². The second-order valence-corrected chi connectivity index (χ2v) is 5.87. The van der Waals surface area contributed by atoms with Gasteiger partial charge in [0.05, 0.1) is 19.3 Å². The highest BCUT2D eigenvalue weighted by Crippen LogP contribution is 2.38. The highest BCUT2D eigenvalue weighted by Gasteiger charge is 2.19. The van der Waals surface area contributed by atoms with Crippen LogP contribution in [0.5, 0.6) is 11.5 Å². The van der Waals surface area contributed by atoms with E-state index in [1.54, 1.807) is 0 Å². The Morgan fingerprint density at radius 1 is 1.22 bits per heavy atom. The molecule has 0 saturated heterocycles. The van der Waals surface area contributed by atoms with Gasteiger partial charge in [0.15, 0.2) is 11.5 Å². The van der Waals surface area contributed by atoms with Crippen LogP contribution in [-0.2, 0) is 0 Å². The van der Waals surface area contributed by atoms with Crippen LogP contribution in [0.1, 0.15) is 38.4 Å². The van der Waals surface area contributed by atoms with Crippen LogP contribution in [0.25, 0.3) is 0 Å².